The van der Waals surface area contributed by atoms with Gasteiger partial charge in [0.05, 0.1) is 10.2 Å². The summed E-state index contributed by atoms with van der Waals surface area (Å²) >= 11 is 1.65. The maximum absolute atomic E-state index is 12.6. The van der Waals surface area contributed by atoms with Gasteiger partial charge in [0.25, 0.3) is 5.91 Å². The van der Waals surface area contributed by atoms with Crippen molar-refractivity contribution in [3.05, 3.63) is 28.1 Å². The third kappa shape index (κ3) is 3.42. The van der Waals surface area contributed by atoms with Crippen molar-refractivity contribution in [2.45, 2.75) is 65.8 Å². The molecule has 1 heterocycles. The van der Waals surface area contributed by atoms with Crippen LogP contribution in [-0.4, -0.2) is 10.5 Å². The van der Waals surface area contributed by atoms with E-state index in [2.05, 4.69) is 42.5 Å². The zero-order valence-electron chi connectivity index (χ0n) is 14.4. The number of carbonyl (C=O) groups excluding carboxylic acids is 1. The number of hydrogen-bond donors (Lipinski definition) is 0. The summed E-state index contributed by atoms with van der Waals surface area (Å²) in [5, 5.41) is 0. The van der Waals surface area contributed by atoms with E-state index in [1.165, 1.54) is 40.6 Å². The predicted molar refractivity (Wildman–Crippen MR) is 96.7 cm³/mol. The van der Waals surface area contributed by atoms with Crippen LogP contribution in [0.3, 0.4) is 0 Å². The molecule has 1 aromatic carbocycles. The molecule has 0 saturated heterocycles. The average molecular weight is 330 g/mol. The van der Waals surface area contributed by atoms with Gasteiger partial charge in [0.2, 0.25) is 0 Å². The summed E-state index contributed by atoms with van der Waals surface area (Å²) in [6.07, 6.45) is 6.68. The van der Waals surface area contributed by atoms with Crippen LogP contribution >= 0.6 is 11.3 Å². The van der Waals surface area contributed by atoms with Crippen molar-refractivity contribution >= 4 is 27.5 Å². The molecule has 23 heavy (non-hydrogen) atoms. The van der Waals surface area contributed by atoms with Gasteiger partial charge in [0.1, 0.15) is 0 Å². The van der Waals surface area contributed by atoms with Gasteiger partial charge in [-0.25, -0.2) is 0 Å². The number of aryl methyl sites for hydroxylation is 3. The van der Waals surface area contributed by atoms with E-state index in [4.69, 9.17) is 0 Å². The molecule has 0 unspecified atom stereocenters. The molecule has 1 saturated carbocycles. The summed E-state index contributed by atoms with van der Waals surface area (Å²) in [5.74, 6) is 0.238. The first-order chi connectivity index (χ1) is 11.1. The fraction of sp³-hybridized carbons (Fsp3) is 0.579. The first kappa shape index (κ1) is 16.4. The Balaban J connectivity index is 2.06. The lowest BCUT2D eigenvalue weighted by Gasteiger charge is -2.17. The van der Waals surface area contributed by atoms with Crippen molar-refractivity contribution in [2.24, 2.45) is 10.9 Å². The number of carbonyl (C=O) groups is 1. The minimum Gasteiger partial charge on any atom is -0.316 e. The second-order valence-electron chi connectivity index (χ2n) is 6.73. The van der Waals surface area contributed by atoms with Crippen molar-refractivity contribution < 1.29 is 4.79 Å². The fourth-order valence-corrected chi connectivity index (χ4v) is 4.52. The third-order valence-electron chi connectivity index (χ3n) is 4.91. The van der Waals surface area contributed by atoms with Crippen LogP contribution in [-0.2, 0) is 11.3 Å². The highest BCUT2D eigenvalue weighted by Gasteiger charge is 2.21. The second-order valence-corrected chi connectivity index (χ2v) is 7.73. The lowest BCUT2D eigenvalue weighted by molar-refractivity contribution is -0.122. The Bertz CT molecular complexity index is 778. The molecule has 4 heteroatoms. The van der Waals surface area contributed by atoms with E-state index in [1.54, 1.807) is 11.3 Å². The van der Waals surface area contributed by atoms with Gasteiger partial charge in [-0.15, -0.1) is 0 Å². The highest BCUT2D eigenvalue weighted by atomic mass is 32.1. The molecule has 0 aliphatic heterocycles. The number of benzene rings is 1. The quantitative estimate of drug-likeness (QED) is 0.800. The van der Waals surface area contributed by atoms with Gasteiger partial charge < -0.3 is 4.57 Å². The Kier molecular flexibility index (Phi) is 5.00. The van der Waals surface area contributed by atoms with Crippen molar-refractivity contribution in [3.8, 4) is 0 Å². The molecule has 1 fully saturated rings. The highest BCUT2D eigenvalue weighted by Crippen LogP contribution is 2.25. The number of amides is 1. The second kappa shape index (κ2) is 7.00. The molecule has 0 atom stereocenters. The molecule has 0 N–H and O–H groups in total. The molecule has 0 bridgehead atoms. The van der Waals surface area contributed by atoms with Crippen LogP contribution in [0.5, 0.6) is 0 Å². The number of fused-ring (bicyclic) bond motifs is 1. The first-order valence-corrected chi connectivity index (χ1v) is 9.61. The molecule has 2 aromatic rings. The Labute approximate surface area is 142 Å². The zero-order valence-corrected chi connectivity index (χ0v) is 15.2. The molecule has 0 spiro atoms. The summed E-state index contributed by atoms with van der Waals surface area (Å²) in [5.41, 5.74) is 3.81. The van der Waals surface area contributed by atoms with Gasteiger partial charge in [-0.1, -0.05) is 37.5 Å². The molecule has 1 amide bonds. The summed E-state index contributed by atoms with van der Waals surface area (Å²) in [4.78, 5) is 18.0. The number of thiazole rings is 1. The summed E-state index contributed by atoms with van der Waals surface area (Å²) in [6, 6.07) is 4.46. The maximum atomic E-state index is 12.6. The number of aromatic nitrogens is 1. The average Bonchev–Trinajstić information content (AvgIpc) is 2.86. The van der Waals surface area contributed by atoms with E-state index in [-0.39, 0.29) is 11.8 Å². The first-order valence-electron chi connectivity index (χ1n) is 8.79. The van der Waals surface area contributed by atoms with Crippen molar-refractivity contribution in [3.63, 3.8) is 0 Å². The normalized spacial score (nSPS) is 17.1. The Morgan fingerprint density at radius 1 is 1.22 bits per heavy atom. The fourth-order valence-electron chi connectivity index (χ4n) is 3.38. The third-order valence-corrected chi connectivity index (χ3v) is 5.95. The van der Waals surface area contributed by atoms with Gasteiger partial charge in [-0.3, -0.25) is 4.79 Å². The Morgan fingerprint density at radius 2 is 1.91 bits per heavy atom. The standard InChI is InChI=1S/C19H26N2OS/c1-4-10-21-16-11-13(2)14(3)12-17(16)23-19(21)20-18(22)15-8-6-5-7-9-15/h11-12,15H,4-10H2,1-3H3. The van der Waals surface area contributed by atoms with E-state index in [0.29, 0.717) is 0 Å². The molecule has 1 aliphatic carbocycles. The molecule has 3 nitrogen and oxygen atoms in total. The number of hydrogen-bond acceptors (Lipinski definition) is 2. The highest BCUT2D eigenvalue weighted by molar-refractivity contribution is 7.16. The SMILES string of the molecule is CCCn1c(=NC(=O)C2CCCCC2)sc2cc(C)c(C)cc21. The van der Waals surface area contributed by atoms with E-state index in [9.17, 15) is 4.79 Å². The van der Waals surface area contributed by atoms with E-state index in [0.717, 1.165) is 30.6 Å². The van der Waals surface area contributed by atoms with Gasteiger partial charge >= 0.3 is 0 Å². The predicted octanol–water partition coefficient (Wildman–Crippen LogP) is 4.74. The van der Waals surface area contributed by atoms with E-state index >= 15 is 0 Å². The van der Waals surface area contributed by atoms with Crippen molar-refractivity contribution in [2.75, 3.05) is 0 Å². The van der Waals surface area contributed by atoms with E-state index < -0.39 is 0 Å². The molecule has 124 valence electrons. The molecule has 1 aliphatic rings. The number of nitrogens with zero attached hydrogens (tertiary/aromatic N) is 2. The topological polar surface area (TPSA) is 34.4 Å². The van der Waals surface area contributed by atoms with Crippen molar-refractivity contribution in [1.29, 1.82) is 0 Å². The Morgan fingerprint density at radius 3 is 2.61 bits per heavy atom. The van der Waals surface area contributed by atoms with Crippen LogP contribution in [0.25, 0.3) is 10.2 Å². The minimum atomic E-state index is 0.0922. The van der Waals surface area contributed by atoms with Crippen LogP contribution in [0.4, 0.5) is 0 Å². The van der Waals surface area contributed by atoms with Gasteiger partial charge in [0.15, 0.2) is 4.80 Å². The minimum absolute atomic E-state index is 0.0922. The lowest BCUT2D eigenvalue weighted by Crippen LogP contribution is -2.22. The van der Waals surface area contributed by atoms with Crippen LogP contribution in [0.1, 0.15) is 56.6 Å². The van der Waals surface area contributed by atoms with Crippen LogP contribution in [0.2, 0.25) is 0 Å². The monoisotopic (exact) mass is 330 g/mol. The van der Waals surface area contributed by atoms with Gasteiger partial charge in [-0.05, 0) is 56.4 Å². The van der Waals surface area contributed by atoms with Crippen LogP contribution < -0.4 is 4.80 Å². The molecular formula is C19H26N2OS. The summed E-state index contributed by atoms with van der Waals surface area (Å²) in [7, 11) is 0. The summed E-state index contributed by atoms with van der Waals surface area (Å²) in [6.45, 7) is 7.37. The molecule has 3 rings (SSSR count). The van der Waals surface area contributed by atoms with Gasteiger partial charge in [-0.2, -0.15) is 4.99 Å². The van der Waals surface area contributed by atoms with E-state index in [1.807, 2.05) is 0 Å². The lowest BCUT2D eigenvalue weighted by atomic mass is 9.89. The molecular weight excluding hydrogens is 304 g/mol. The smallest absolute Gasteiger partial charge is 0.251 e. The molecule has 1 aromatic heterocycles. The van der Waals surface area contributed by atoms with Gasteiger partial charge in [0, 0.05) is 12.5 Å². The maximum Gasteiger partial charge on any atom is 0.251 e. The molecule has 0 radical (unpaired) electrons. The zero-order chi connectivity index (χ0) is 16.4. The van der Waals surface area contributed by atoms with Crippen LogP contribution in [0, 0.1) is 19.8 Å². The number of rotatable bonds is 3. The summed E-state index contributed by atoms with van der Waals surface area (Å²) < 4.78 is 3.46. The van der Waals surface area contributed by atoms with Crippen molar-refractivity contribution in [1.82, 2.24) is 4.57 Å². The Hall–Kier alpha value is -1.42. The largest absolute Gasteiger partial charge is 0.316 e. The van der Waals surface area contributed by atoms with Crippen LogP contribution in [0.15, 0.2) is 17.1 Å².